The number of piperazine rings is 1. The van der Waals surface area contributed by atoms with Crippen LogP contribution in [-0.2, 0) is 14.8 Å². The fourth-order valence-corrected chi connectivity index (χ4v) is 5.34. The van der Waals surface area contributed by atoms with Crippen molar-refractivity contribution < 1.29 is 17.6 Å². The smallest absolute Gasteiger partial charge is 0.243 e. The van der Waals surface area contributed by atoms with Crippen LogP contribution >= 0.6 is 0 Å². The summed E-state index contributed by atoms with van der Waals surface area (Å²) in [5.41, 5.74) is 0. The Hall–Kier alpha value is -1.51. The maximum absolute atomic E-state index is 13.4. The molecule has 150 valence electrons. The Morgan fingerprint density at radius 2 is 1.89 bits per heavy atom. The number of halogens is 1. The molecular weight excluding hydrogens is 369 g/mol. The lowest BCUT2D eigenvalue weighted by Crippen LogP contribution is -2.52. The highest BCUT2D eigenvalue weighted by Crippen LogP contribution is 2.23. The number of carbonyl (C=O) groups excluding carboxylic acids is 1. The van der Waals surface area contributed by atoms with Crippen LogP contribution in [0.1, 0.15) is 32.6 Å². The van der Waals surface area contributed by atoms with Gasteiger partial charge in [0.05, 0.1) is 11.4 Å². The van der Waals surface area contributed by atoms with Crippen molar-refractivity contribution >= 4 is 15.9 Å². The van der Waals surface area contributed by atoms with Gasteiger partial charge in [-0.05, 0) is 37.0 Å². The Morgan fingerprint density at radius 3 is 2.56 bits per heavy atom. The fourth-order valence-electron chi connectivity index (χ4n) is 3.89. The first-order valence-corrected chi connectivity index (χ1v) is 11.1. The molecule has 1 amide bonds. The van der Waals surface area contributed by atoms with E-state index in [2.05, 4.69) is 12.2 Å². The van der Waals surface area contributed by atoms with Crippen molar-refractivity contribution in [3.8, 4) is 0 Å². The summed E-state index contributed by atoms with van der Waals surface area (Å²) in [5, 5.41) is 3.14. The van der Waals surface area contributed by atoms with Crippen molar-refractivity contribution in [3.05, 3.63) is 30.1 Å². The van der Waals surface area contributed by atoms with Gasteiger partial charge in [0, 0.05) is 32.2 Å². The summed E-state index contributed by atoms with van der Waals surface area (Å²) in [4.78, 5) is 14.3. The summed E-state index contributed by atoms with van der Waals surface area (Å²) in [6.07, 6.45) is 4.58. The molecule has 8 heteroatoms. The molecule has 1 aromatic carbocycles. The van der Waals surface area contributed by atoms with E-state index in [1.807, 2.05) is 4.90 Å². The molecule has 27 heavy (non-hydrogen) atoms. The largest absolute Gasteiger partial charge is 0.352 e. The quantitative estimate of drug-likeness (QED) is 0.823. The normalized spacial score (nSPS) is 25.3. The van der Waals surface area contributed by atoms with Gasteiger partial charge in [-0.25, -0.2) is 12.8 Å². The van der Waals surface area contributed by atoms with Crippen LogP contribution in [0, 0.1) is 11.7 Å². The third kappa shape index (κ3) is 5.06. The molecule has 1 saturated heterocycles. The monoisotopic (exact) mass is 397 g/mol. The summed E-state index contributed by atoms with van der Waals surface area (Å²) in [6.45, 7) is 4.04. The first-order chi connectivity index (χ1) is 12.9. The molecule has 1 saturated carbocycles. The maximum atomic E-state index is 13.4. The van der Waals surface area contributed by atoms with E-state index in [0.29, 0.717) is 32.1 Å². The van der Waals surface area contributed by atoms with Crippen LogP contribution in [0.2, 0.25) is 0 Å². The van der Waals surface area contributed by atoms with Crippen LogP contribution in [-0.4, -0.2) is 62.3 Å². The van der Waals surface area contributed by atoms with Crippen LogP contribution in [0.4, 0.5) is 4.39 Å². The van der Waals surface area contributed by atoms with Crippen LogP contribution in [0.25, 0.3) is 0 Å². The molecule has 0 spiro atoms. The van der Waals surface area contributed by atoms with E-state index < -0.39 is 15.8 Å². The number of amides is 1. The zero-order valence-electron chi connectivity index (χ0n) is 15.7. The lowest BCUT2D eigenvalue weighted by molar-refractivity contribution is -0.123. The molecule has 1 N–H and O–H groups in total. The van der Waals surface area contributed by atoms with Crippen molar-refractivity contribution in [1.82, 2.24) is 14.5 Å². The number of nitrogens with zero attached hydrogens (tertiary/aromatic N) is 2. The van der Waals surface area contributed by atoms with Crippen LogP contribution in [0.5, 0.6) is 0 Å². The Kier molecular flexibility index (Phi) is 6.49. The summed E-state index contributed by atoms with van der Waals surface area (Å²) in [7, 11) is -3.70. The average Bonchev–Trinajstić information content (AvgIpc) is 2.64. The van der Waals surface area contributed by atoms with Gasteiger partial charge in [-0.1, -0.05) is 25.8 Å². The number of carbonyl (C=O) groups is 1. The number of hydrogen-bond acceptors (Lipinski definition) is 4. The van der Waals surface area contributed by atoms with E-state index in [0.717, 1.165) is 25.3 Å². The second-order valence-corrected chi connectivity index (χ2v) is 9.51. The van der Waals surface area contributed by atoms with E-state index in [4.69, 9.17) is 0 Å². The highest BCUT2D eigenvalue weighted by molar-refractivity contribution is 7.89. The van der Waals surface area contributed by atoms with E-state index in [9.17, 15) is 17.6 Å². The third-order valence-electron chi connectivity index (χ3n) is 5.59. The molecule has 2 atom stereocenters. The molecule has 1 aromatic rings. The van der Waals surface area contributed by atoms with Crippen molar-refractivity contribution in [1.29, 1.82) is 0 Å². The maximum Gasteiger partial charge on any atom is 0.243 e. The lowest BCUT2D eigenvalue weighted by Gasteiger charge is -2.34. The summed E-state index contributed by atoms with van der Waals surface area (Å²) >= 11 is 0. The average molecular weight is 398 g/mol. The standard InChI is InChI=1S/C19H28FN3O3S/c1-15-5-2-3-8-18(15)21-19(24)14-22-9-11-23(12-10-22)27(25,26)17-7-4-6-16(20)13-17/h4,6-7,13,15,18H,2-3,5,8-12,14H2,1H3,(H,21,24). The van der Waals surface area contributed by atoms with E-state index in [1.54, 1.807) is 0 Å². The number of hydrogen-bond donors (Lipinski definition) is 1. The van der Waals surface area contributed by atoms with E-state index in [1.165, 1.54) is 28.9 Å². The van der Waals surface area contributed by atoms with Crippen LogP contribution in [0.3, 0.4) is 0 Å². The number of nitrogens with one attached hydrogen (secondary N) is 1. The van der Waals surface area contributed by atoms with Gasteiger partial charge in [-0.2, -0.15) is 4.31 Å². The second-order valence-electron chi connectivity index (χ2n) is 7.57. The Labute approximate surface area is 160 Å². The SMILES string of the molecule is CC1CCCCC1NC(=O)CN1CCN(S(=O)(=O)c2cccc(F)c2)CC1. The summed E-state index contributed by atoms with van der Waals surface area (Å²) in [5.74, 6) is -0.0468. The Balaban J connectivity index is 1.50. The third-order valence-corrected chi connectivity index (χ3v) is 7.48. The number of benzene rings is 1. The molecule has 2 unspecified atom stereocenters. The Morgan fingerprint density at radius 1 is 1.19 bits per heavy atom. The molecule has 1 heterocycles. The van der Waals surface area contributed by atoms with Gasteiger partial charge in [0.2, 0.25) is 15.9 Å². The number of sulfonamides is 1. The molecule has 6 nitrogen and oxygen atoms in total. The lowest BCUT2D eigenvalue weighted by atomic mass is 9.86. The predicted octanol–water partition coefficient (Wildman–Crippen LogP) is 1.83. The molecule has 2 aliphatic rings. The first-order valence-electron chi connectivity index (χ1n) is 9.64. The van der Waals surface area contributed by atoms with Crippen LogP contribution < -0.4 is 5.32 Å². The zero-order valence-corrected chi connectivity index (χ0v) is 16.5. The number of rotatable bonds is 5. The highest BCUT2D eigenvalue weighted by Gasteiger charge is 2.30. The topological polar surface area (TPSA) is 69.7 Å². The van der Waals surface area contributed by atoms with Crippen LogP contribution in [0.15, 0.2) is 29.2 Å². The van der Waals surface area contributed by atoms with Crippen molar-refractivity contribution in [2.45, 2.75) is 43.5 Å². The molecule has 2 fully saturated rings. The summed E-state index contributed by atoms with van der Waals surface area (Å²) < 4.78 is 40.0. The van der Waals surface area contributed by atoms with Gasteiger partial charge < -0.3 is 5.32 Å². The minimum Gasteiger partial charge on any atom is -0.352 e. The molecule has 1 aliphatic heterocycles. The van der Waals surface area contributed by atoms with Gasteiger partial charge in [0.1, 0.15) is 5.82 Å². The van der Waals surface area contributed by atoms with E-state index in [-0.39, 0.29) is 23.4 Å². The van der Waals surface area contributed by atoms with Crippen molar-refractivity contribution in [2.24, 2.45) is 5.92 Å². The molecule has 3 rings (SSSR count). The minimum atomic E-state index is -3.70. The van der Waals surface area contributed by atoms with E-state index >= 15 is 0 Å². The van der Waals surface area contributed by atoms with Crippen molar-refractivity contribution in [3.63, 3.8) is 0 Å². The molecular formula is C19H28FN3O3S. The first kappa shape index (κ1) is 20.2. The van der Waals surface area contributed by atoms with Gasteiger partial charge in [0.15, 0.2) is 0 Å². The molecule has 1 aliphatic carbocycles. The van der Waals surface area contributed by atoms with Gasteiger partial charge >= 0.3 is 0 Å². The van der Waals surface area contributed by atoms with Gasteiger partial charge in [-0.15, -0.1) is 0 Å². The zero-order chi connectivity index (χ0) is 19.4. The molecule has 0 bridgehead atoms. The highest BCUT2D eigenvalue weighted by atomic mass is 32.2. The van der Waals surface area contributed by atoms with Gasteiger partial charge in [-0.3, -0.25) is 9.69 Å². The molecule has 0 aromatic heterocycles. The van der Waals surface area contributed by atoms with Crippen molar-refractivity contribution in [2.75, 3.05) is 32.7 Å². The second kappa shape index (κ2) is 8.67. The molecule has 0 radical (unpaired) electrons. The minimum absolute atomic E-state index is 0.00943. The predicted molar refractivity (Wildman–Crippen MR) is 101 cm³/mol. The Bertz CT molecular complexity index is 763. The fraction of sp³-hybridized carbons (Fsp3) is 0.632. The summed E-state index contributed by atoms with van der Waals surface area (Å²) in [6, 6.07) is 5.32. The van der Waals surface area contributed by atoms with Gasteiger partial charge in [0.25, 0.3) is 0 Å².